The standard InChI is InChI=1S/C13H13NO3S.Na/c1-17-12-9-7-11(8-10-12)14-18(15,16)13-5-3-2-4-6-13;/h2-10,14H,1H3;. The Balaban J connectivity index is 0.00000180. The largest absolute Gasteiger partial charge is 0.497 e. The summed E-state index contributed by atoms with van der Waals surface area (Å²) in [5.41, 5.74) is 0.500. The molecule has 0 aliphatic heterocycles. The molecule has 1 N–H and O–H groups in total. The van der Waals surface area contributed by atoms with Crippen LogP contribution >= 0.6 is 0 Å². The van der Waals surface area contributed by atoms with Crippen LogP contribution in [0.15, 0.2) is 59.5 Å². The molecular weight excluding hydrogens is 273 g/mol. The summed E-state index contributed by atoms with van der Waals surface area (Å²) in [6.45, 7) is 0. The van der Waals surface area contributed by atoms with Crippen molar-refractivity contribution in [1.29, 1.82) is 0 Å². The van der Waals surface area contributed by atoms with Gasteiger partial charge in [-0.15, -0.1) is 0 Å². The van der Waals surface area contributed by atoms with Crippen LogP contribution in [0.5, 0.6) is 5.75 Å². The minimum Gasteiger partial charge on any atom is -0.497 e. The molecule has 2 aromatic rings. The maximum absolute atomic E-state index is 12.0. The maximum atomic E-state index is 12.0. The Morgan fingerprint density at radius 2 is 1.53 bits per heavy atom. The van der Waals surface area contributed by atoms with Gasteiger partial charge in [-0.1, -0.05) is 18.2 Å². The molecule has 2 rings (SSSR count). The van der Waals surface area contributed by atoms with Gasteiger partial charge >= 0.3 is 0 Å². The van der Waals surface area contributed by atoms with Gasteiger partial charge in [0.1, 0.15) is 5.75 Å². The molecule has 1 radical (unpaired) electrons. The minimum absolute atomic E-state index is 0. The zero-order valence-electron chi connectivity index (χ0n) is 10.8. The first-order valence-electron chi connectivity index (χ1n) is 5.34. The zero-order valence-corrected chi connectivity index (χ0v) is 13.6. The van der Waals surface area contributed by atoms with Gasteiger partial charge in [-0.05, 0) is 36.4 Å². The number of methoxy groups -OCH3 is 1. The fraction of sp³-hybridized carbons (Fsp3) is 0.0769. The Labute approximate surface area is 135 Å². The van der Waals surface area contributed by atoms with Crippen LogP contribution in [-0.2, 0) is 10.0 Å². The summed E-state index contributed by atoms with van der Waals surface area (Å²) in [7, 11) is -1.97. The predicted octanol–water partition coefficient (Wildman–Crippen LogP) is 2.12. The Morgan fingerprint density at radius 3 is 2.05 bits per heavy atom. The molecule has 0 saturated heterocycles. The third-order valence-corrected chi connectivity index (χ3v) is 3.79. The van der Waals surface area contributed by atoms with Crippen molar-refractivity contribution in [1.82, 2.24) is 0 Å². The average molecular weight is 286 g/mol. The van der Waals surface area contributed by atoms with E-state index in [-0.39, 0.29) is 34.5 Å². The van der Waals surface area contributed by atoms with Crippen LogP contribution in [0.2, 0.25) is 0 Å². The third kappa shape index (κ3) is 4.24. The van der Waals surface area contributed by atoms with Crippen molar-refractivity contribution in [2.24, 2.45) is 0 Å². The third-order valence-electron chi connectivity index (χ3n) is 2.40. The fourth-order valence-corrected chi connectivity index (χ4v) is 2.55. The van der Waals surface area contributed by atoms with E-state index in [2.05, 4.69) is 4.72 Å². The monoisotopic (exact) mass is 286 g/mol. The van der Waals surface area contributed by atoms with Crippen LogP contribution in [0, 0.1) is 0 Å². The van der Waals surface area contributed by atoms with Crippen molar-refractivity contribution in [3.63, 3.8) is 0 Å². The molecule has 0 amide bonds. The van der Waals surface area contributed by atoms with Gasteiger partial charge in [-0.3, -0.25) is 4.72 Å². The molecule has 0 spiro atoms. The summed E-state index contributed by atoms with van der Waals surface area (Å²) in [5, 5.41) is 0. The van der Waals surface area contributed by atoms with E-state index >= 15 is 0 Å². The van der Waals surface area contributed by atoms with Gasteiger partial charge in [0.2, 0.25) is 0 Å². The van der Waals surface area contributed by atoms with E-state index in [0.29, 0.717) is 11.4 Å². The molecule has 2 aromatic carbocycles. The first kappa shape index (κ1) is 16.0. The molecule has 0 heterocycles. The second-order valence-electron chi connectivity index (χ2n) is 3.65. The normalized spacial score (nSPS) is 10.4. The van der Waals surface area contributed by atoms with E-state index in [1.807, 2.05) is 0 Å². The molecule has 95 valence electrons. The molecule has 0 aromatic heterocycles. The second kappa shape index (κ2) is 6.96. The van der Waals surface area contributed by atoms with E-state index in [4.69, 9.17) is 4.74 Å². The van der Waals surface area contributed by atoms with Crippen LogP contribution < -0.4 is 9.46 Å². The van der Waals surface area contributed by atoms with Crippen LogP contribution in [0.1, 0.15) is 0 Å². The van der Waals surface area contributed by atoms with Crippen molar-refractivity contribution < 1.29 is 13.2 Å². The molecule has 0 aliphatic carbocycles. The van der Waals surface area contributed by atoms with E-state index in [9.17, 15) is 8.42 Å². The van der Waals surface area contributed by atoms with Gasteiger partial charge < -0.3 is 4.74 Å². The van der Waals surface area contributed by atoms with Gasteiger partial charge in [-0.25, -0.2) is 8.42 Å². The zero-order chi connectivity index (χ0) is 13.0. The SMILES string of the molecule is COc1ccc(NS(=O)(=O)c2ccccc2)cc1.[Na]. The Kier molecular flexibility index (Phi) is 5.87. The molecule has 0 saturated carbocycles. The van der Waals surface area contributed by atoms with E-state index < -0.39 is 10.0 Å². The maximum Gasteiger partial charge on any atom is 0.261 e. The van der Waals surface area contributed by atoms with Gasteiger partial charge in [0.25, 0.3) is 10.0 Å². The number of hydrogen-bond acceptors (Lipinski definition) is 3. The average Bonchev–Trinajstić information content (AvgIpc) is 2.40. The number of hydrogen-bond donors (Lipinski definition) is 1. The summed E-state index contributed by atoms with van der Waals surface area (Å²) in [6.07, 6.45) is 0. The minimum atomic E-state index is -3.52. The molecule has 0 atom stereocenters. The van der Waals surface area contributed by atoms with Crippen LogP contribution in [-0.4, -0.2) is 45.1 Å². The number of ether oxygens (including phenoxy) is 1. The number of nitrogens with one attached hydrogen (secondary N) is 1. The number of rotatable bonds is 4. The van der Waals surface area contributed by atoms with Crippen molar-refractivity contribution in [3.8, 4) is 5.75 Å². The van der Waals surface area contributed by atoms with E-state index in [1.54, 1.807) is 61.7 Å². The summed E-state index contributed by atoms with van der Waals surface area (Å²) >= 11 is 0. The van der Waals surface area contributed by atoms with Crippen LogP contribution in [0.25, 0.3) is 0 Å². The molecule has 4 nitrogen and oxygen atoms in total. The second-order valence-corrected chi connectivity index (χ2v) is 5.33. The Morgan fingerprint density at radius 1 is 0.947 bits per heavy atom. The van der Waals surface area contributed by atoms with E-state index in [1.165, 1.54) is 0 Å². The fourth-order valence-electron chi connectivity index (χ4n) is 1.47. The molecule has 0 aliphatic rings. The summed E-state index contributed by atoms with van der Waals surface area (Å²) in [4.78, 5) is 0.237. The first-order chi connectivity index (χ1) is 8.62. The van der Waals surface area contributed by atoms with Crippen molar-refractivity contribution >= 4 is 45.3 Å². The number of benzene rings is 2. The van der Waals surface area contributed by atoms with Crippen molar-refractivity contribution in [2.75, 3.05) is 11.8 Å². The summed E-state index contributed by atoms with van der Waals surface area (Å²) < 4.78 is 31.5. The van der Waals surface area contributed by atoms with Crippen LogP contribution in [0.3, 0.4) is 0 Å². The Bertz CT molecular complexity index is 612. The number of sulfonamides is 1. The van der Waals surface area contributed by atoms with Crippen molar-refractivity contribution in [2.45, 2.75) is 4.90 Å². The van der Waals surface area contributed by atoms with E-state index in [0.717, 1.165) is 0 Å². The van der Waals surface area contributed by atoms with Gasteiger partial charge in [0, 0.05) is 35.2 Å². The Hall–Kier alpha value is -1.01. The smallest absolute Gasteiger partial charge is 0.261 e. The molecule has 6 heteroatoms. The van der Waals surface area contributed by atoms with Gasteiger partial charge in [0.05, 0.1) is 12.0 Å². The topological polar surface area (TPSA) is 55.4 Å². The van der Waals surface area contributed by atoms with Crippen LogP contribution in [0.4, 0.5) is 5.69 Å². The molecule has 19 heavy (non-hydrogen) atoms. The molecule has 0 unspecified atom stereocenters. The predicted molar refractivity (Wildman–Crippen MR) is 76.0 cm³/mol. The van der Waals surface area contributed by atoms with Crippen molar-refractivity contribution in [3.05, 3.63) is 54.6 Å². The number of anilines is 1. The van der Waals surface area contributed by atoms with Gasteiger partial charge in [0.15, 0.2) is 0 Å². The summed E-state index contributed by atoms with van der Waals surface area (Å²) in [5.74, 6) is 0.678. The molecule has 0 bridgehead atoms. The summed E-state index contributed by atoms with van der Waals surface area (Å²) in [6, 6.07) is 14.9. The first-order valence-corrected chi connectivity index (χ1v) is 6.82. The van der Waals surface area contributed by atoms with Gasteiger partial charge in [-0.2, -0.15) is 0 Å². The molecule has 0 fully saturated rings. The quantitative estimate of drug-likeness (QED) is 0.876. The molecular formula is C13H13NNaO3S.